The van der Waals surface area contributed by atoms with Crippen LogP contribution in [0.15, 0.2) is 30.5 Å². The minimum absolute atomic E-state index is 0.0590. The molecule has 1 aromatic carbocycles. The van der Waals surface area contributed by atoms with E-state index in [2.05, 4.69) is 20.9 Å². The minimum atomic E-state index is -1.09. The number of hydrogen-bond donors (Lipinski definition) is 4. The quantitative estimate of drug-likeness (QED) is 0.0902. The van der Waals surface area contributed by atoms with Crippen molar-refractivity contribution in [2.45, 2.75) is 91.1 Å². The first-order valence-electron chi connectivity index (χ1n) is 14.9. The van der Waals surface area contributed by atoms with Crippen molar-refractivity contribution in [1.82, 2.24) is 20.9 Å². The van der Waals surface area contributed by atoms with Crippen molar-refractivity contribution in [3.05, 3.63) is 36.0 Å². The largest absolute Gasteiger partial charge is 0.464 e. The Morgan fingerprint density at radius 2 is 1.22 bits per heavy atom. The van der Waals surface area contributed by atoms with E-state index in [1.54, 1.807) is 61.6 Å². The number of benzene rings is 1. The van der Waals surface area contributed by atoms with Crippen LogP contribution in [0, 0.1) is 0 Å². The molecule has 3 atom stereocenters. The second-order valence-electron chi connectivity index (χ2n) is 12.1. The topological polar surface area (TPSA) is 174 Å². The van der Waals surface area contributed by atoms with Gasteiger partial charge < -0.3 is 39.9 Å². The van der Waals surface area contributed by atoms with Gasteiger partial charge in [0.25, 0.3) is 0 Å². The molecule has 0 radical (unpaired) electrons. The molecule has 4 N–H and O–H groups in total. The van der Waals surface area contributed by atoms with Crippen LogP contribution in [0.4, 0.5) is 9.59 Å². The predicted octanol–water partition coefficient (Wildman–Crippen LogP) is 4.49. The molecule has 46 heavy (non-hydrogen) atoms. The number of amides is 3. The predicted molar refractivity (Wildman–Crippen MR) is 178 cm³/mol. The van der Waals surface area contributed by atoms with Gasteiger partial charge in [0, 0.05) is 35.0 Å². The van der Waals surface area contributed by atoms with Gasteiger partial charge in [-0.1, -0.05) is 39.8 Å². The van der Waals surface area contributed by atoms with Gasteiger partial charge in [0.15, 0.2) is 0 Å². The number of carbonyl (C=O) groups is 5. The third-order valence-corrected chi connectivity index (χ3v) is 8.23. The maximum absolute atomic E-state index is 13.6. The van der Waals surface area contributed by atoms with Crippen molar-refractivity contribution in [2.75, 3.05) is 24.7 Å². The first-order chi connectivity index (χ1) is 21.5. The van der Waals surface area contributed by atoms with E-state index >= 15 is 0 Å². The van der Waals surface area contributed by atoms with Gasteiger partial charge in [0.2, 0.25) is 5.91 Å². The van der Waals surface area contributed by atoms with Crippen LogP contribution in [-0.4, -0.2) is 89.1 Å². The van der Waals surface area contributed by atoms with Gasteiger partial charge in [-0.25, -0.2) is 19.2 Å². The lowest BCUT2D eigenvalue weighted by Crippen LogP contribution is -2.54. The Hall–Kier alpha value is -3.59. The summed E-state index contributed by atoms with van der Waals surface area (Å²) in [5.41, 5.74) is 0.0918. The van der Waals surface area contributed by atoms with Gasteiger partial charge in [-0.2, -0.15) is 0 Å². The van der Waals surface area contributed by atoms with Crippen molar-refractivity contribution in [1.29, 1.82) is 0 Å². The Morgan fingerprint density at radius 3 is 1.72 bits per heavy atom. The average molecular weight is 683 g/mol. The molecule has 0 fully saturated rings. The second-order valence-corrected chi connectivity index (χ2v) is 14.6. The number of para-hydroxylation sites is 1. The summed E-state index contributed by atoms with van der Waals surface area (Å²) in [6, 6.07) is 4.37. The summed E-state index contributed by atoms with van der Waals surface area (Å²) in [5, 5.41) is 8.75. The number of esters is 2. The molecule has 0 aliphatic carbocycles. The highest BCUT2D eigenvalue weighted by atomic mass is 33.1. The number of fused-ring (bicyclic) bond motifs is 1. The van der Waals surface area contributed by atoms with Gasteiger partial charge in [0.1, 0.15) is 29.3 Å². The molecule has 2 rings (SSSR count). The number of ether oxygens (including phenoxy) is 4. The van der Waals surface area contributed by atoms with Crippen molar-refractivity contribution in [3.8, 4) is 0 Å². The second kappa shape index (κ2) is 17.9. The van der Waals surface area contributed by atoms with Crippen LogP contribution in [-0.2, 0) is 39.8 Å². The summed E-state index contributed by atoms with van der Waals surface area (Å²) in [6.07, 6.45) is 0.325. The molecule has 0 unspecified atom stereocenters. The summed E-state index contributed by atoms with van der Waals surface area (Å²) in [6.45, 7) is 13.8. The summed E-state index contributed by atoms with van der Waals surface area (Å²) in [7, 11) is 2.38. The zero-order valence-electron chi connectivity index (χ0n) is 27.6. The van der Waals surface area contributed by atoms with Crippen LogP contribution in [0.2, 0.25) is 0 Å². The van der Waals surface area contributed by atoms with E-state index in [-0.39, 0.29) is 31.1 Å². The molecule has 15 heteroatoms. The van der Waals surface area contributed by atoms with Crippen molar-refractivity contribution in [2.24, 2.45) is 0 Å². The van der Waals surface area contributed by atoms with Crippen LogP contribution >= 0.6 is 21.6 Å². The fourth-order valence-electron chi connectivity index (χ4n) is 3.96. The molecular formula is C31H46N4O9S2. The molecule has 0 bridgehead atoms. The van der Waals surface area contributed by atoms with Crippen LogP contribution in [0.5, 0.6) is 0 Å². The van der Waals surface area contributed by atoms with Crippen LogP contribution in [0.25, 0.3) is 10.9 Å². The third kappa shape index (κ3) is 13.8. The van der Waals surface area contributed by atoms with Crippen molar-refractivity contribution < 1.29 is 42.9 Å². The Labute approximate surface area is 277 Å². The highest BCUT2D eigenvalue weighted by Gasteiger charge is 2.31. The summed E-state index contributed by atoms with van der Waals surface area (Å²) in [4.78, 5) is 67.2. The Balaban J connectivity index is 2.16. The Morgan fingerprint density at radius 1 is 0.739 bits per heavy atom. The fourth-order valence-corrected chi connectivity index (χ4v) is 6.25. The molecule has 0 saturated carbocycles. The summed E-state index contributed by atoms with van der Waals surface area (Å²) < 4.78 is 20.9. The van der Waals surface area contributed by atoms with Gasteiger partial charge in [-0.15, -0.1) is 0 Å². The normalized spacial score (nSPS) is 13.6. The van der Waals surface area contributed by atoms with Crippen molar-refractivity contribution in [3.63, 3.8) is 0 Å². The van der Waals surface area contributed by atoms with E-state index in [9.17, 15) is 24.0 Å². The Bertz CT molecular complexity index is 1340. The number of aromatic nitrogens is 1. The molecular weight excluding hydrogens is 636 g/mol. The molecule has 1 heterocycles. The highest BCUT2D eigenvalue weighted by Crippen LogP contribution is 2.24. The van der Waals surface area contributed by atoms with Gasteiger partial charge in [-0.05, 0) is 67.0 Å². The fraction of sp³-hybridized carbons (Fsp3) is 0.581. The molecule has 0 aliphatic heterocycles. The first-order valence-corrected chi connectivity index (χ1v) is 17.4. The number of alkyl carbamates (subject to hydrolysis) is 2. The Kier molecular flexibility index (Phi) is 15.0. The SMILES string of the molecule is CCOC(=O)[C@H](CSSC[C@H](NC(=O)[C@@H](Cc1c[nH]c2ccccc12)NC(=O)OC(C)(C)C)C(=O)OCC)NC(=O)OC(C)(C)C. The highest BCUT2D eigenvalue weighted by molar-refractivity contribution is 8.76. The number of hydrogen-bond acceptors (Lipinski definition) is 11. The third-order valence-electron chi connectivity index (χ3n) is 5.81. The molecule has 3 amide bonds. The summed E-state index contributed by atoms with van der Waals surface area (Å²) >= 11 is 0. The molecule has 13 nitrogen and oxygen atoms in total. The number of nitrogens with one attached hydrogen (secondary N) is 4. The molecule has 1 aromatic heterocycles. The maximum Gasteiger partial charge on any atom is 0.408 e. The number of rotatable bonds is 15. The van der Waals surface area contributed by atoms with Crippen LogP contribution in [0.3, 0.4) is 0 Å². The van der Waals surface area contributed by atoms with E-state index in [1.807, 2.05) is 24.3 Å². The monoisotopic (exact) mass is 682 g/mol. The molecule has 2 aromatic rings. The number of aromatic amines is 1. The summed E-state index contributed by atoms with van der Waals surface area (Å²) in [5.74, 6) is -1.76. The standard InChI is InChI=1S/C31H46N4O9S2/c1-9-41-26(37)23(17-45-46-18-24(27(38)42-10-2)35-29(40)44-31(6,7)8)33-25(36)22(34-28(39)43-30(3,4)5)15-19-16-32-21-14-12-11-13-20(19)21/h11-14,16,22-24,32H,9-10,15,17-18H2,1-8H3,(H,33,36)(H,34,39)(H,35,40)/t22-,23+,24+/m1/s1. The molecule has 256 valence electrons. The number of carbonyl (C=O) groups excluding carboxylic acids is 5. The average Bonchev–Trinajstić information content (AvgIpc) is 3.34. The molecule has 0 saturated heterocycles. The van der Waals surface area contributed by atoms with Gasteiger partial charge in [0.05, 0.1) is 13.2 Å². The lowest BCUT2D eigenvalue weighted by molar-refractivity contribution is -0.147. The minimum Gasteiger partial charge on any atom is -0.464 e. The van der Waals surface area contributed by atoms with E-state index < -0.39 is 59.4 Å². The van der Waals surface area contributed by atoms with Crippen molar-refractivity contribution >= 4 is 62.5 Å². The lowest BCUT2D eigenvalue weighted by atomic mass is 10.0. The maximum atomic E-state index is 13.6. The molecule has 0 spiro atoms. The number of H-pyrrole nitrogens is 1. The van der Waals surface area contributed by atoms with E-state index in [0.29, 0.717) is 0 Å². The van der Waals surface area contributed by atoms with Gasteiger partial charge >= 0.3 is 24.1 Å². The smallest absolute Gasteiger partial charge is 0.408 e. The first kappa shape index (κ1) is 38.6. The van der Waals surface area contributed by atoms with E-state index in [1.165, 1.54) is 21.6 Å². The van der Waals surface area contributed by atoms with E-state index in [0.717, 1.165) is 16.5 Å². The van der Waals surface area contributed by atoms with Crippen LogP contribution < -0.4 is 16.0 Å². The lowest BCUT2D eigenvalue weighted by Gasteiger charge is -2.25. The van der Waals surface area contributed by atoms with Crippen LogP contribution in [0.1, 0.15) is 61.0 Å². The van der Waals surface area contributed by atoms with Gasteiger partial charge in [-0.3, -0.25) is 4.79 Å². The zero-order valence-corrected chi connectivity index (χ0v) is 29.3. The zero-order chi connectivity index (χ0) is 34.5. The van der Waals surface area contributed by atoms with E-state index in [4.69, 9.17) is 18.9 Å². The molecule has 0 aliphatic rings.